The van der Waals surface area contributed by atoms with Crippen LogP contribution in [0.15, 0.2) is 12.7 Å². The summed E-state index contributed by atoms with van der Waals surface area (Å²) in [5.41, 5.74) is 0. The van der Waals surface area contributed by atoms with Crippen LogP contribution in [0.3, 0.4) is 0 Å². The molecule has 1 aliphatic rings. The van der Waals surface area contributed by atoms with Gasteiger partial charge in [-0.2, -0.15) is 0 Å². The van der Waals surface area contributed by atoms with Gasteiger partial charge in [0.25, 0.3) is 0 Å². The Morgan fingerprint density at radius 1 is 1.39 bits per heavy atom. The van der Waals surface area contributed by atoms with Crippen LogP contribution < -0.4 is 0 Å². The number of nitrogens with zero attached hydrogens (tertiary/aromatic N) is 1. The third-order valence-electron chi connectivity index (χ3n) is 3.46. The SMILES string of the molecule is C=CCN(CCO)C(=O)C1CC(C)CC1C(=O)O. The summed E-state index contributed by atoms with van der Waals surface area (Å²) in [4.78, 5) is 24.9. The molecule has 1 fully saturated rings. The van der Waals surface area contributed by atoms with E-state index in [9.17, 15) is 9.59 Å². The summed E-state index contributed by atoms with van der Waals surface area (Å²) in [6.07, 6.45) is 2.74. The van der Waals surface area contributed by atoms with Crippen molar-refractivity contribution in [3.63, 3.8) is 0 Å². The van der Waals surface area contributed by atoms with Gasteiger partial charge in [0.15, 0.2) is 0 Å². The Morgan fingerprint density at radius 2 is 2.00 bits per heavy atom. The van der Waals surface area contributed by atoms with Crippen molar-refractivity contribution in [3.8, 4) is 0 Å². The third kappa shape index (κ3) is 3.32. The predicted octanol–water partition coefficient (Wildman–Crippen LogP) is 0.740. The number of aliphatic carboxylic acids is 1. The number of carbonyl (C=O) groups is 2. The van der Waals surface area contributed by atoms with E-state index < -0.39 is 17.8 Å². The lowest BCUT2D eigenvalue weighted by Gasteiger charge is -2.25. The van der Waals surface area contributed by atoms with E-state index in [4.69, 9.17) is 10.2 Å². The maximum absolute atomic E-state index is 12.3. The highest BCUT2D eigenvalue weighted by molar-refractivity contribution is 5.85. The summed E-state index contributed by atoms with van der Waals surface area (Å²) >= 11 is 0. The molecule has 0 aromatic heterocycles. The van der Waals surface area contributed by atoms with Crippen LogP contribution in [0, 0.1) is 17.8 Å². The maximum Gasteiger partial charge on any atom is 0.307 e. The molecule has 0 bridgehead atoms. The standard InChI is InChI=1S/C13H21NO4/c1-3-4-14(5-6-15)12(16)10-7-9(2)8-11(10)13(17)18/h3,9-11,15H,1,4-8H2,2H3,(H,17,18). The van der Waals surface area contributed by atoms with Gasteiger partial charge in [-0.25, -0.2) is 0 Å². The largest absolute Gasteiger partial charge is 0.481 e. The predicted molar refractivity (Wildman–Crippen MR) is 66.9 cm³/mol. The van der Waals surface area contributed by atoms with Crippen molar-refractivity contribution in [1.29, 1.82) is 0 Å². The molecule has 102 valence electrons. The number of carboxylic acid groups (broad SMARTS) is 1. The van der Waals surface area contributed by atoms with E-state index in [0.29, 0.717) is 19.4 Å². The molecule has 0 aromatic rings. The summed E-state index contributed by atoms with van der Waals surface area (Å²) in [6.45, 7) is 5.98. The molecular weight excluding hydrogens is 234 g/mol. The van der Waals surface area contributed by atoms with Gasteiger partial charge in [-0.05, 0) is 18.8 Å². The Labute approximate surface area is 107 Å². The average molecular weight is 255 g/mol. The van der Waals surface area contributed by atoms with Gasteiger partial charge in [0, 0.05) is 13.1 Å². The van der Waals surface area contributed by atoms with Crippen LogP contribution in [0.25, 0.3) is 0 Å². The van der Waals surface area contributed by atoms with Crippen LogP contribution in [0.5, 0.6) is 0 Å². The van der Waals surface area contributed by atoms with Gasteiger partial charge < -0.3 is 15.1 Å². The normalized spacial score (nSPS) is 26.9. The van der Waals surface area contributed by atoms with Gasteiger partial charge in [-0.1, -0.05) is 13.0 Å². The van der Waals surface area contributed by atoms with Crippen LogP contribution in [0.4, 0.5) is 0 Å². The first-order chi connectivity index (χ1) is 8.51. The van der Waals surface area contributed by atoms with E-state index in [1.807, 2.05) is 6.92 Å². The highest BCUT2D eigenvalue weighted by Gasteiger charge is 2.42. The quantitative estimate of drug-likeness (QED) is 0.686. The number of amides is 1. The number of aliphatic hydroxyl groups excluding tert-OH is 1. The zero-order chi connectivity index (χ0) is 13.7. The molecule has 1 amide bonds. The molecule has 18 heavy (non-hydrogen) atoms. The van der Waals surface area contributed by atoms with Crippen LogP contribution in [-0.2, 0) is 9.59 Å². The lowest BCUT2D eigenvalue weighted by Crippen LogP contribution is -2.40. The molecule has 1 rings (SSSR count). The number of hydrogen-bond donors (Lipinski definition) is 2. The van der Waals surface area contributed by atoms with Crippen LogP contribution in [0.2, 0.25) is 0 Å². The number of carboxylic acids is 1. The fraction of sp³-hybridized carbons (Fsp3) is 0.692. The number of hydrogen-bond acceptors (Lipinski definition) is 3. The van der Waals surface area contributed by atoms with Crippen molar-refractivity contribution in [2.24, 2.45) is 17.8 Å². The Kier molecular flexibility index (Phi) is 5.34. The molecule has 2 N–H and O–H groups in total. The van der Waals surface area contributed by atoms with Gasteiger partial charge in [-0.3, -0.25) is 9.59 Å². The van der Waals surface area contributed by atoms with Crippen LogP contribution in [-0.4, -0.2) is 46.7 Å². The number of rotatable bonds is 6. The highest BCUT2D eigenvalue weighted by atomic mass is 16.4. The van der Waals surface area contributed by atoms with E-state index in [2.05, 4.69) is 6.58 Å². The molecule has 0 aromatic carbocycles. The minimum Gasteiger partial charge on any atom is -0.481 e. The second-order valence-electron chi connectivity index (χ2n) is 4.92. The fourth-order valence-corrected chi connectivity index (χ4v) is 2.64. The molecule has 1 aliphatic carbocycles. The topological polar surface area (TPSA) is 77.8 Å². The molecule has 0 saturated heterocycles. The Balaban J connectivity index is 2.79. The van der Waals surface area contributed by atoms with E-state index >= 15 is 0 Å². The Bertz CT molecular complexity index is 329. The zero-order valence-electron chi connectivity index (χ0n) is 10.7. The average Bonchev–Trinajstić information content (AvgIpc) is 2.70. The van der Waals surface area contributed by atoms with Gasteiger partial charge in [0.2, 0.25) is 5.91 Å². The van der Waals surface area contributed by atoms with Crippen molar-refractivity contribution >= 4 is 11.9 Å². The van der Waals surface area contributed by atoms with Crippen LogP contribution >= 0.6 is 0 Å². The van der Waals surface area contributed by atoms with Gasteiger partial charge in [-0.15, -0.1) is 6.58 Å². The van der Waals surface area contributed by atoms with E-state index in [1.165, 1.54) is 4.90 Å². The molecule has 3 unspecified atom stereocenters. The van der Waals surface area contributed by atoms with E-state index in [-0.39, 0.29) is 25.0 Å². The van der Waals surface area contributed by atoms with Gasteiger partial charge in [0.1, 0.15) is 0 Å². The first kappa shape index (κ1) is 14.7. The fourth-order valence-electron chi connectivity index (χ4n) is 2.64. The first-order valence-corrected chi connectivity index (χ1v) is 6.24. The van der Waals surface area contributed by atoms with Gasteiger partial charge in [0.05, 0.1) is 18.4 Å². The Morgan fingerprint density at radius 3 is 2.50 bits per heavy atom. The van der Waals surface area contributed by atoms with Crippen molar-refractivity contribution < 1.29 is 19.8 Å². The summed E-state index contributed by atoms with van der Waals surface area (Å²) in [6, 6.07) is 0. The highest BCUT2D eigenvalue weighted by Crippen LogP contribution is 2.37. The molecule has 5 heteroatoms. The molecular formula is C13H21NO4. The van der Waals surface area contributed by atoms with Crippen molar-refractivity contribution in [1.82, 2.24) is 4.90 Å². The first-order valence-electron chi connectivity index (χ1n) is 6.24. The monoisotopic (exact) mass is 255 g/mol. The van der Waals surface area contributed by atoms with Gasteiger partial charge >= 0.3 is 5.97 Å². The van der Waals surface area contributed by atoms with Crippen molar-refractivity contribution in [3.05, 3.63) is 12.7 Å². The minimum absolute atomic E-state index is 0.125. The molecule has 0 heterocycles. The smallest absolute Gasteiger partial charge is 0.307 e. The molecule has 5 nitrogen and oxygen atoms in total. The van der Waals surface area contributed by atoms with Crippen LogP contribution in [0.1, 0.15) is 19.8 Å². The van der Waals surface area contributed by atoms with E-state index in [1.54, 1.807) is 6.08 Å². The van der Waals surface area contributed by atoms with Crippen molar-refractivity contribution in [2.45, 2.75) is 19.8 Å². The summed E-state index contributed by atoms with van der Waals surface area (Å²) in [7, 11) is 0. The zero-order valence-corrected chi connectivity index (χ0v) is 10.7. The molecule has 0 radical (unpaired) electrons. The third-order valence-corrected chi connectivity index (χ3v) is 3.46. The lowest BCUT2D eigenvalue weighted by atomic mass is 9.94. The second-order valence-corrected chi connectivity index (χ2v) is 4.92. The summed E-state index contributed by atoms with van der Waals surface area (Å²) in [5, 5.41) is 18.1. The molecule has 1 saturated carbocycles. The molecule has 0 aliphatic heterocycles. The summed E-state index contributed by atoms with van der Waals surface area (Å²) in [5.74, 6) is -1.90. The number of aliphatic hydroxyl groups is 1. The molecule has 3 atom stereocenters. The lowest BCUT2D eigenvalue weighted by molar-refractivity contribution is -0.149. The summed E-state index contributed by atoms with van der Waals surface area (Å²) < 4.78 is 0. The van der Waals surface area contributed by atoms with E-state index in [0.717, 1.165) is 0 Å². The Hall–Kier alpha value is -1.36. The van der Waals surface area contributed by atoms with Crippen molar-refractivity contribution in [2.75, 3.05) is 19.7 Å². The maximum atomic E-state index is 12.3. The second kappa shape index (κ2) is 6.54. The number of carbonyl (C=O) groups excluding carboxylic acids is 1. The minimum atomic E-state index is -0.903. The molecule has 0 spiro atoms.